The molecule has 2 aromatic rings. The molecule has 0 spiro atoms. The minimum absolute atomic E-state index is 0.206. The van der Waals surface area contributed by atoms with Crippen molar-refractivity contribution in [2.45, 2.75) is 37.0 Å². The van der Waals surface area contributed by atoms with Gasteiger partial charge in [-0.3, -0.25) is 0 Å². The van der Waals surface area contributed by atoms with E-state index in [1.165, 1.54) is 0 Å². The lowest BCUT2D eigenvalue weighted by Crippen LogP contribution is -2.44. The fourth-order valence-corrected chi connectivity index (χ4v) is 3.40. The van der Waals surface area contributed by atoms with E-state index in [4.69, 9.17) is 18.9 Å². The number of hydrogen-bond acceptors (Lipinski definition) is 6. The smallest absolute Gasteiger partial charge is 0.184 e. The molecule has 0 amide bonds. The fraction of sp³-hybridized carbons (Fsp3) is 0.400. The average Bonchev–Trinajstić information content (AvgIpc) is 3.33. The Bertz CT molecular complexity index is 632. The summed E-state index contributed by atoms with van der Waals surface area (Å²) in [5.41, 5.74) is 1.74. The van der Waals surface area contributed by atoms with Gasteiger partial charge in [-0.1, -0.05) is 60.7 Å². The van der Waals surface area contributed by atoms with Gasteiger partial charge in [0.25, 0.3) is 0 Å². The summed E-state index contributed by atoms with van der Waals surface area (Å²) in [6.07, 6.45) is -3.38. The van der Waals surface area contributed by atoms with Crippen LogP contribution in [0.1, 0.15) is 23.7 Å². The largest absolute Gasteiger partial charge is 0.394 e. The fourth-order valence-electron chi connectivity index (χ4n) is 3.40. The lowest BCUT2D eigenvalue weighted by atomic mass is 10.0. The van der Waals surface area contributed by atoms with Crippen molar-refractivity contribution in [3.05, 3.63) is 71.8 Å². The highest BCUT2D eigenvalue weighted by molar-refractivity contribution is 5.18. The number of rotatable bonds is 5. The van der Waals surface area contributed by atoms with Crippen LogP contribution >= 0.6 is 0 Å². The molecular formula is C20H22O6. The molecular weight excluding hydrogens is 336 g/mol. The second-order valence-corrected chi connectivity index (χ2v) is 6.40. The molecule has 6 heteroatoms. The lowest BCUT2D eigenvalue weighted by molar-refractivity contribution is -0.107. The molecule has 0 saturated carbocycles. The van der Waals surface area contributed by atoms with Crippen molar-refractivity contribution in [3.8, 4) is 0 Å². The van der Waals surface area contributed by atoms with Gasteiger partial charge >= 0.3 is 0 Å². The topological polar surface area (TPSA) is 77.4 Å². The highest BCUT2D eigenvalue weighted by Gasteiger charge is 2.49. The summed E-state index contributed by atoms with van der Waals surface area (Å²) >= 11 is 0. The van der Waals surface area contributed by atoms with Crippen LogP contribution in [0.15, 0.2) is 60.7 Å². The summed E-state index contributed by atoms with van der Waals surface area (Å²) in [6.45, 7) is -0.413. The Morgan fingerprint density at radius 2 is 0.962 bits per heavy atom. The highest BCUT2D eigenvalue weighted by atomic mass is 16.8. The van der Waals surface area contributed by atoms with E-state index in [-0.39, 0.29) is 13.2 Å². The van der Waals surface area contributed by atoms with Gasteiger partial charge in [-0.25, -0.2) is 0 Å². The van der Waals surface area contributed by atoms with Crippen LogP contribution in [-0.4, -0.2) is 47.8 Å². The monoisotopic (exact) mass is 358 g/mol. The van der Waals surface area contributed by atoms with Crippen molar-refractivity contribution >= 4 is 0 Å². The Kier molecular flexibility index (Phi) is 5.31. The molecule has 0 bridgehead atoms. The van der Waals surface area contributed by atoms with Gasteiger partial charge in [-0.05, 0) is 0 Å². The van der Waals surface area contributed by atoms with Gasteiger partial charge in [0.15, 0.2) is 12.6 Å². The van der Waals surface area contributed by atoms with Crippen LogP contribution in [0.25, 0.3) is 0 Å². The first-order valence-corrected chi connectivity index (χ1v) is 8.73. The summed E-state index contributed by atoms with van der Waals surface area (Å²) in [6, 6.07) is 19.1. The predicted octanol–water partition coefficient (Wildman–Crippen LogP) is 1.94. The number of aliphatic hydroxyl groups is 2. The van der Waals surface area contributed by atoms with Crippen molar-refractivity contribution in [1.82, 2.24) is 0 Å². The van der Waals surface area contributed by atoms with E-state index in [0.29, 0.717) is 0 Å². The second kappa shape index (κ2) is 7.84. The van der Waals surface area contributed by atoms with E-state index in [1.807, 2.05) is 60.7 Å². The Hall–Kier alpha value is -1.80. The molecule has 26 heavy (non-hydrogen) atoms. The van der Waals surface area contributed by atoms with E-state index in [2.05, 4.69) is 0 Å². The van der Waals surface area contributed by atoms with E-state index >= 15 is 0 Å². The zero-order valence-corrected chi connectivity index (χ0v) is 14.2. The minimum atomic E-state index is -0.586. The van der Waals surface area contributed by atoms with Crippen LogP contribution in [0.5, 0.6) is 0 Å². The number of benzene rings is 2. The Labute approximate surface area is 151 Å². The molecule has 2 aromatic carbocycles. The zero-order valence-electron chi connectivity index (χ0n) is 14.2. The Morgan fingerprint density at radius 1 is 0.577 bits per heavy atom. The summed E-state index contributed by atoms with van der Waals surface area (Å²) in [5, 5.41) is 19.5. The molecule has 0 aliphatic carbocycles. The van der Waals surface area contributed by atoms with Gasteiger partial charge in [-0.15, -0.1) is 0 Å². The third-order valence-corrected chi connectivity index (χ3v) is 4.72. The normalized spacial score (nSPS) is 34.2. The molecule has 6 nitrogen and oxygen atoms in total. The van der Waals surface area contributed by atoms with Crippen LogP contribution in [0, 0.1) is 0 Å². The van der Waals surface area contributed by atoms with E-state index in [9.17, 15) is 10.2 Å². The van der Waals surface area contributed by atoms with Crippen molar-refractivity contribution in [2.24, 2.45) is 0 Å². The number of ether oxygens (including phenoxy) is 4. The van der Waals surface area contributed by atoms with Crippen molar-refractivity contribution in [3.63, 3.8) is 0 Å². The molecule has 2 N–H and O–H groups in total. The van der Waals surface area contributed by atoms with Crippen molar-refractivity contribution in [1.29, 1.82) is 0 Å². The molecule has 2 fully saturated rings. The molecule has 138 valence electrons. The van der Waals surface area contributed by atoms with Crippen LogP contribution in [-0.2, 0) is 18.9 Å². The van der Waals surface area contributed by atoms with Crippen LogP contribution < -0.4 is 0 Å². The molecule has 2 saturated heterocycles. The van der Waals surface area contributed by atoms with Crippen molar-refractivity contribution < 1.29 is 29.2 Å². The SMILES string of the molecule is OC[C@H]1OC(c2ccccc2)O[C@H]1[C@@H]1OC(c2ccccc2)O[C@@H]1CO. The predicted molar refractivity (Wildman–Crippen MR) is 92.0 cm³/mol. The molecule has 6 atom stereocenters. The van der Waals surface area contributed by atoms with Gasteiger partial charge in [0.2, 0.25) is 0 Å². The number of hydrogen-bond donors (Lipinski definition) is 2. The molecule has 4 rings (SSSR count). The molecule has 0 radical (unpaired) electrons. The van der Waals surface area contributed by atoms with Gasteiger partial charge in [0.1, 0.15) is 24.4 Å². The highest BCUT2D eigenvalue weighted by Crippen LogP contribution is 2.40. The molecule has 2 heterocycles. The van der Waals surface area contributed by atoms with Crippen molar-refractivity contribution in [2.75, 3.05) is 13.2 Å². The standard InChI is InChI=1S/C20H22O6/c21-11-15-17(25-19(23-15)13-7-3-1-4-8-13)18-16(12-22)24-20(26-18)14-9-5-2-6-10-14/h1-10,15-22H,11-12H2/t15-,16-,17-,18-,19?,20?/m1/s1. The van der Waals surface area contributed by atoms with Gasteiger partial charge < -0.3 is 29.2 Å². The minimum Gasteiger partial charge on any atom is -0.394 e. The maximum Gasteiger partial charge on any atom is 0.184 e. The Morgan fingerprint density at radius 3 is 1.31 bits per heavy atom. The molecule has 2 unspecified atom stereocenters. The second-order valence-electron chi connectivity index (χ2n) is 6.40. The molecule has 2 aliphatic rings. The Balaban J connectivity index is 1.53. The first-order chi connectivity index (χ1) is 12.8. The maximum atomic E-state index is 9.74. The summed E-state index contributed by atoms with van der Waals surface area (Å²) in [4.78, 5) is 0. The van der Waals surface area contributed by atoms with Crippen LogP contribution in [0.2, 0.25) is 0 Å². The van der Waals surface area contributed by atoms with E-state index in [1.54, 1.807) is 0 Å². The van der Waals surface area contributed by atoms with Gasteiger partial charge in [-0.2, -0.15) is 0 Å². The first kappa shape index (κ1) is 17.6. The summed E-state index contributed by atoms with van der Waals surface area (Å²) in [7, 11) is 0. The third kappa shape index (κ3) is 3.40. The van der Waals surface area contributed by atoms with Crippen LogP contribution in [0.4, 0.5) is 0 Å². The van der Waals surface area contributed by atoms with Gasteiger partial charge in [0.05, 0.1) is 13.2 Å². The summed E-state index contributed by atoms with van der Waals surface area (Å²) < 4.78 is 23.8. The van der Waals surface area contributed by atoms with Crippen LogP contribution in [0.3, 0.4) is 0 Å². The van der Waals surface area contributed by atoms with E-state index < -0.39 is 37.0 Å². The van der Waals surface area contributed by atoms with Gasteiger partial charge in [0, 0.05) is 11.1 Å². The summed E-state index contributed by atoms with van der Waals surface area (Å²) in [5.74, 6) is 0. The molecule has 0 aromatic heterocycles. The third-order valence-electron chi connectivity index (χ3n) is 4.72. The zero-order chi connectivity index (χ0) is 17.9. The number of aliphatic hydroxyl groups excluding tert-OH is 2. The average molecular weight is 358 g/mol. The molecule has 2 aliphatic heterocycles. The van der Waals surface area contributed by atoms with E-state index in [0.717, 1.165) is 11.1 Å². The quantitative estimate of drug-likeness (QED) is 0.851. The first-order valence-electron chi connectivity index (χ1n) is 8.73. The lowest BCUT2D eigenvalue weighted by Gasteiger charge is -2.23. The maximum absolute atomic E-state index is 9.74.